The molecule has 0 aliphatic rings. The lowest BCUT2D eigenvalue weighted by atomic mass is 10.1. The van der Waals surface area contributed by atoms with Crippen LogP contribution >= 0.6 is 11.3 Å². The van der Waals surface area contributed by atoms with Gasteiger partial charge in [0.25, 0.3) is 0 Å². The van der Waals surface area contributed by atoms with Gasteiger partial charge in [0, 0.05) is 33.4 Å². The number of benzene rings is 1. The van der Waals surface area contributed by atoms with Gasteiger partial charge in [-0.25, -0.2) is 4.79 Å². The van der Waals surface area contributed by atoms with Gasteiger partial charge in [-0.1, -0.05) is 46.3 Å². The molecule has 0 radical (unpaired) electrons. The second kappa shape index (κ2) is 8.05. The number of aromatic nitrogens is 4. The van der Waals surface area contributed by atoms with Crippen molar-refractivity contribution in [2.24, 2.45) is 0 Å². The summed E-state index contributed by atoms with van der Waals surface area (Å²) in [6.07, 6.45) is 1.22. The summed E-state index contributed by atoms with van der Waals surface area (Å²) >= 11 is 1.38. The van der Waals surface area contributed by atoms with Crippen molar-refractivity contribution in [1.82, 2.24) is 25.2 Å². The number of aryl methyl sites for hydroxylation is 2. The lowest BCUT2D eigenvalue weighted by Gasteiger charge is -2.15. The van der Waals surface area contributed by atoms with Gasteiger partial charge < -0.3 is 9.42 Å². The second-order valence-corrected chi connectivity index (χ2v) is 7.06. The molecule has 0 atom stereocenters. The van der Waals surface area contributed by atoms with Crippen LogP contribution in [0.4, 0.5) is 9.93 Å². The van der Waals surface area contributed by atoms with E-state index in [4.69, 9.17) is 4.52 Å². The van der Waals surface area contributed by atoms with Gasteiger partial charge in [-0.05, 0) is 12.5 Å². The summed E-state index contributed by atoms with van der Waals surface area (Å²) in [6.45, 7) is 4.26. The highest BCUT2D eigenvalue weighted by atomic mass is 32.1. The quantitative estimate of drug-likeness (QED) is 0.715. The molecule has 1 aromatic carbocycles. The van der Waals surface area contributed by atoms with E-state index in [1.54, 1.807) is 18.9 Å². The van der Waals surface area contributed by atoms with Crippen molar-refractivity contribution in [3.05, 3.63) is 52.1 Å². The van der Waals surface area contributed by atoms with Crippen LogP contribution < -0.4 is 5.32 Å². The fourth-order valence-electron chi connectivity index (χ4n) is 2.37. The number of carbonyl (C=O) groups excluding carboxylic acids is 1. The minimum atomic E-state index is -0.247. The molecule has 2 heterocycles. The molecule has 9 heteroatoms. The summed E-state index contributed by atoms with van der Waals surface area (Å²) in [5, 5.41) is 16.1. The summed E-state index contributed by atoms with van der Waals surface area (Å²) in [5.41, 5.74) is 2.38. The maximum Gasteiger partial charge on any atom is 0.323 e. The fourth-order valence-corrected chi connectivity index (χ4v) is 3.13. The minimum Gasteiger partial charge on any atom is -0.340 e. The minimum absolute atomic E-state index is 0.247. The molecule has 2 amide bonds. The summed E-state index contributed by atoms with van der Waals surface area (Å²) < 4.78 is 4.92. The maximum absolute atomic E-state index is 12.2. The number of amides is 2. The molecule has 3 rings (SSSR count). The Hall–Kier alpha value is -2.81. The zero-order valence-electron chi connectivity index (χ0n) is 14.9. The molecular weight excluding hydrogens is 352 g/mol. The Balaban J connectivity index is 1.51. The Morgan fingerprint density at radius 3 is 2.88 bits per heavy atom. The van der Waals surface area contributed by atoms with Crippen LogP contribution in [0.25, 0.3) is 0 Å². The first-order chi connectivity index (χ1) is 12.5. The number of carbonyl (C=O) groups is 1. The number of nitrogens with one attached hydrogen (secondary N) is 1. The van der Waals surface area contributed by atoms with E-state index < -0.39 is 0 Å². The number of hydrogen-bond donors (Lipinski definition) is 1. The van der Waals surface area contributed by atoms with Crippen molar-refractivity contribution < 1.29 is 9.32 Å². The van der Waals surface area contributed by atoms with Gasteiger partial charge in [-0.3, -0.25) is 5.32 Å². The fraction of sp³-hybridized carbons (Fsp3) is 0.353. The molecule has 0 bridgehead atoms. The molecular formula is C17H20N6O2S. The van der Waals surface area contributed by atoms with Gasteiger partial charge >= 0.3 is 6.03 Å². The monoisotopic (exact) mass is 372 g/mol. The van der Waals surface area contributed by atoms with Crippen molar-refractivity contribution in [2.75, 3.05) is 18.9 Å². The molecule has 0 aliphatic heterocycles. The molecule has 0 saturated carbocycles. The number of rotatable bonds is 6. The first-order valence-corrected chi connectivity index (χ1v) is 9.00. The van der Waals surface area contributed by atoms with E-state index in [2.05, 4.69) is 50.8 Å². The van der Waals surface area contributed by atoms with Crippen molar-refractivity contribution in [3.8, 4) is 0 Å². The molecule has 1 N–H and O–H groups in total. The van der Waals surface area contributed by atoms with E-state index in [0.29, 0.717) is 36.2 Å². The summed E-state index contributed by atoms with van der Waals surface area (Å²) in [6, 6.07) is 8.01. The van der Waals surface area contributed by atoms with E-state index in [0.717, 1.165) is 5.01 Å². The lowest BCUT2D eigenvalue weighted by molar-refractivity contribution is 0.222. The Kier molecular flexibility index (Phi) is 5.57. The number of hydrogen-bond acceptors (Lipinski definition) is 7. The molecule has 136 valence electrons. The normalized spacial score (nSPS) is 10.7. The molecule has 2 aromatic heterocycles. The Morgan fingerprint density at radius 2 is 2.15 bits per heavy atom. The van der Waals surface area contributed by atoms with E-state index in [1.807, 2.05) is 6.07 Å². The number of likely N-dealkylation sites (N-methyl/N-ethyl adjacent to an activating group) is 1. The van der Waals surface area contributed by atoms with Crippen LogP contribution in [0, 0.1) is 13.8 Å². The van der Waals surface area contributed by atoms with Gasteiger partial charge in [0.2, 0.25) is 11.0 Å². The predicted octanol–water partition coefficient (Wildman–Crippen LogP) is 2.84. The van der Waals surface area contributed by atoms with E-state index in [9.17, 15) is 4.79 Å². The number of anilines is 1. The Labute approximate surface area is 155 Å². The van der Waals surface area contributed by atoms with Gasteiger partial charge in [-0.2, -0.15) is 4.98 Å². The molecule has 3 aromatic rings. The van der Waals surface area contributed by atoms with Crippen LogP contribution in [0.3, 0.4) is 0 Å². The number of nitrogens with zero attached hydrogens (tertiary/aromatic N) is 5. The Morgan fingerprint density at radius 1 is 1.31 bits per heavy atom. The van der Waals surface area contributed by atoms with Gasteiger partial charge in [-0.15, -0.1) is 10.2 Å². The smallest absolute Gasteiger partial charge is 0.323 e. The van der Waals surface area contributed by atoms with Crippen molar-refractivity contribution in [2.45, 2.75) is 26.7 Å². The van der Waals surface area contributed by atoms with Gasteiger partial charge in [0.05, 0.1) is 0 Å². The SMILES string of the molecule is Cc1cccc(Cc2nnc(NC(=O)N(C)CCc3noc(C)n3)s2)c1. The first-order valence-electron chi connectivity index (χ1n) is 8.19. The maximum atomic E-state index is 12.2. The van der Waals surface area contributed by atoms with Crippen molar-refractivity contribution in [1.29, 1.82) is 0 Å². The molecule has 8 nitrogen and oxygen atoms in total. The molecule has 0 fully saturated rings. The standard InChI is InChI=1S/C17H20N6O2S/c1-11-5-4-6-13(9-11)10-15-20-21-16(26-15)19-17(24)23(3)8-7-14-18-12(2)25-22-14/h4-6,9H,7-8,10H2,1-3H3,(H,19,21,24). The highest BCUT2D eigenvalue weighted by molar-refractivity contribution is 7.15. The average Bonchev–Trinajstić information content (AvgIpc) is 3.21. The molecule has 0 aliphatic carbocycles. The van der Waals surface area contributed by atoms with Crippen molar-refractivity contribution >= 4 is 22.5 Å². The summed E-state index contributed by atoms with van der Waals surface area (Å²) in [5.74, 6) is 1.10. The van der Waals surface area contributed by atoms with E-state index >= 15 is 0 Å². The van der Waals surface area contributed by atoms with Crippen LogP contribution in [0.5, 0.6) is 0 Å². The van der Waals surface area contributed by atoms with Crippen LogP contribution in [0.2, 0.25) is 0 Å². The Bertz CT molecular complexity index is 891. The van der Waals surface area contributed by atoms with Crippen LogP contribution in [0.15, 0.2) is 28.8 Å². The summed E-state index contributed by atoms with van der Waals surface area (Å²) in [7, 11) is 1.71. The third-order valence-corrected chi connectivity index (χ3v) is 4.54. The average molecular weight is 372 g/mol. The van der Waals surface area contributed by atoms with Gasteiger partial charge in [0.15, 0.2) is 5.82 Å². The second-order valence-electron chi connectivity index (χ2n) is 6.00. The largest absolute Gasteiger partial charge is 0.340 e. The molecule has 0 spiro atoms. The van der Waals surface area contributed by atoms with Crippen LogP contribution in [0.1, 0.15) is 27.8 Å². The summed E-state index contributed by atoms with van der Waals surface area (Å²) in [4.78, 5) is 17.9. The third-order valence-electron chi connectivity index (χ3n) is 3.71. The zero-order valence-corrected chi connectivity index (χ0v) is 15.7. The topological polar surface area (TPSA) is 97.0 Å². The molecule has 26 heavy (non-hydrogen) atoms. The zero-order chi connectivity index (χ0) is 18.5. The highest BCUT2D eigenvalue weighted by Crippen LogP contribution is 2.19. The van der Waals surface area contributed by atoms with Crippen molar-refractivity contribution in [3.63, 3.8) is 0 Å². The van der Waals surface area contributed by atoms with E-state index in [1.165, 1.54) is 22.5 Å². The lowest BCUT2D eigenvalue weighted by Crippen LogP contribution is -2.33. The molecule has 0 saturated heterocycles. The predicted molar refractivity (Wildman–Crippen MR) is 98.3 cm³/mol. The molecule has 0 unspecified atom stereocenters. The van der Waals surface area contributed by atoms with Gasteiger partial charge in [0.1, 0.15) is 5.01 Å². The first kappa shape index (κ1) is 18.0. The number of urea groups is 1. The van der Waals surface area contributed by atoms with E-state index in [-0.39, 0.29) is 6.03 Å². The van der Waals surface area contributed by atoms with Crippen LogP contribution in [-0.4, -0.2) is 44.9 Å². The third kappa shape index (κ3) is 4.85. The van der Waals surface area contributed by atoms with Crippen LogP contribution in [-0.2, 0) is 12.8 Å². The highest BCUT2D eigenvalue weighted by Gasteiger charge is 2.13.